The van der Waals surface area contributed by atoms with Crippen molar-refractivity contribution in [1.82, 2.24) is 4.90 Å². The number of rotatable bonds is 7. The zero-order valence-corrected chi connectivity index (χ0v) is 19.8. The number of amides is 1. The molecule has 1 aliphatic rings. The number of anilines is 2. The zero-order valence-electron chi connectivity index (χ0n) is 18.9. The van der Waals surface area contributed by atoms with E-state index >= 15 is 0 Å². The molecule has 0 aromatic heterocycles. The van der Waals surface area contributed by atoms with E-state index in [1.165, 1.54) is 5.56 Å². The van der Waals surface area contributed by atoms with E-state index in [9.17, 15) is 4.79 Å². The van der Waals surface area contributed by atoms with Crippen LogP contribution < -0.4 is 4.90 Å². The van der Waals surface area contributed by atoms with Crippen molar-refractivity contribution in [2.75, 3.05) is 4.90 Å². The lowest BCUT2D eigenvalue weighted by molar-refractivity contribution is -0.129. The Kier molecular flexibility index (Phi) is 7.76. The van der Waals surface area contributed by atoms with Gasteiger partial charge in [-0.2, -0.15) is 0 Å². The minimum Gasteiger partial charge on any atom is -0.317 e. The number of carbonyl (C=O) groups excluding carboxylic acids is 1. The molecule has 4 rings (SSSR count). The maximum absolute atomic E-state index is 13.4. The number of halogens is 1. The molecule has 2 atom stereocenters. The van der Waals surface area contributed by atoms with Crippen LogP contribution in [0.15, 0.2) is 102 Å². The Hall–Kier alpha value is -3.04. The first-order valence-electron chi connectivity index (χ1n) is 11.0. The highest BCUT2D eigenvalue weighted by Gasteiger charge is 2.41. The third kappa shape index (κ3) is 4.73. The van der Waals surface area contributed by atoms with Gasteiger partial charge < -0.3 is 9.80 Å². The molecule has 0 N–H and O–H groups in total. The Morgan fingerprint density at radius 2 is 1.28 bits per heavy atom. The van der Waals surface area contributed by atoms with E-state index in [-0.39, 0.29) is 30.5 Å². The van der Waals surface area contributed by atoms with Crippen molar-refractivity contribution >= 4 is 29.7 Å². The van der Waals surface area contributed by atoms with Gasteiger partial charge in [-0.05, 0) is 69.0 Å². The van der Waals surface area contributed by atoms with E-state index in [0.29, 0.717) is 0 Å². The molecule has 3 nitrogen and oxygen atoms in total. The SMILES string of the molecule is CC1=C(C)C(N(c2ccccc2)c2ccccc2)N(C(C)CCc2ccccc2)C1=O.Cl. The highest BCUT2D eigenvalue weighted by Crippen LogP contribution is 2.38. The normalized spacial score (nSPS) is 16.7. The molecule has 32 heavy (non-hydrogen) atoms. The van der Waals surface area contributed by atoms with Crippen molar-refractivity contribution in [3.8, 4) is 0 Å². The van der Waals surface area contributed by atoms with Crippen LogP contribution in [0.3, 0.4) is 0 Å². The Morgan fingerprint density at radius 1 is 0.812 bits per heavy atom. The van der Waals surface area contributed by atoms with E-state index in [1.54, 1.807) is 0 Å². The summed E-state index contributed by atoms with van der Waals surface area (Å²) in [7, 11) is 0. The molecule has 0 radical (unpaired) electrons. The molecule has 0 spiro atoms. The second-order valence-electron chi connectivity index (χ2n) is 8.31. The van der Waals surface area contributed by atoms with Gasteiger partial charge in [-0.1, -0.05) is 66.7 Å². The molecule has 1 heterocycles. The van der Waals surface area contributed by atoms with Crippen molar-refractivity contribution < 1.29 is 4.79 Å². The van der Waals surface area contributed by atoms with Gasteiger partial charge in [0.2, 0.25) is 0 Å². The summed E-state index contributed by atoms with van der Waals surface area (Å²) in [4.78, 5) is 17.8. The molecule has 2 unspecified atom stereocenters. The lowest BCUT2D eigenvalue weighted by Gasteiger charge is -2.41. The van der Waals surface area contributed by atoms with Crippen molar-refractivity contribution in [3.63, 3.8) is 0 Å². The summed E-state index contributed by atoms with van der Waals surface area (Å²) in [6, 6.07) is 31.4. The number of nitrogens with zero attached hydrogens (tertiary/aromatic N) is 2. The molecule has 1 amide bonds. The average molecular weight is 447 g/mol. The molecule has 3 aromatic carbocycles. The van der Waals surface area contributed by atoms with Gasteiger partial charge >= 0.3 is 0 Å². The minimum absolute atomic E-state index is 0. The summed E-state index contributed by atoms with van der Waals surface area (Å²) in [5.41, 5.74) is 5.45. The smallest absolute Gasteiger partial charge is 0.251 e. The molecule has 1 aliphatic heterocycles. The van der Waals surface area contributed by atoms with Crippen molar-refractivity contribution in [2.45, 2.75) is 45.8 Å². The summed E-state index contributed by atoms with van der Waals surface area (Å²) in [5, 5.41) is 0. The first-order valence-corrected chi connectivity index (χ1v) is 11.0. The predicted molar refractivity (Wildman–Crippen MR) is 136 cm³/mol. The fourth-order valence-corrected chi connectivity index (χ4v) is 4.40. The fraction of sp³-hybridized carbons (Fsp3) is 0.250. The molecule has 166 valence electrons. The zero-order chi connectivity index (χ0) is 21.8. The maximum atomic E-state index is 13.4. The van der Waals surface area contributed by atoms with Gasteiger partial charge in [0.1, 0.15) is 6.17 Å². The summed E-state index contributed by atoms with van der Waals surface area (Å²) >= 11 is 0. The molecule has 4 heteroatoms. The number of carbonyl (C=O) groups is 1. The Morgan fingerprint density at radius 3 is 1.78 bits per heavy atom. The highest BCUT2D eigenvalue weighted by atomic mass is 35.5. The number of benzene rings is 3. The van der Waals surface area contributed by atoms with Gasteiger partial charge in [0, 0.05) is 23.0 Å². The third-order valence-corrected chi connectivity index (χ3v) is 6.28. The topological polar surface area (TPSA) is 23.6 Å². The van der Waals surface area contributed by atoms with E-state index < -0.39 is 0 Å². The first-order chi connectivity index (χ1) is 15.1. The van der Waals surface area contributed by atoms with E-state index in [0.717, 1.165) is 35.4 Å². The largest absolute Gasteiger partial charge is 0.317 e. The summed E-state index contributed by atoms with van der Waals surface area (Å²) < 4.78 is 0. The quantitative estimate of drug-likeness (QED) is 0.399. The van der Waals surface area contributed by atoms with Crippen LogP contribution in [0.25, 0.3) is 0 Å². The van der Waals surface area contributed by atoms with E-state index in [4.69, 9.17) is 0 Å². The van der Waals surface area contributed by atoms with Crippen molar-refractivity contribution in [2.24, 2.45) is 0 Å². The lowest BCUT2D eigenvalue weighted by Crippen LogP contribution is -2.50. The molecular weight excluding hydrogens is 416 g/mol. The molecule has 0 fully saturated rings. The Balaban J connectivity index is 0.00000289. The Labute approximate surface area is 197 Å². The number of hydrogen-bond donors (Lipinski definition) is 0. The van der Waals surface area contributed by atoms with Crippen LogP contribution in [0.1, 0.15) is 32.8 Å². The van der Waals surface area contributed by atoms with Crippen LogP contribution in [-0.4, -0.2) is 23.0 Å². The second-order valence-corrected chi connectivity index (χ2v) is 8.31. The third-order valence-electron chi connectivity index (χ3n) is 6.28. The number of hydrogen-bond acceptors (Lipinski definition) is 2. The van der Waals surface area contributed by atoms with Crippen LogP contribution in [-0.2, 0) is 11.2 Å². The van der Waals surface area contributed by atoms with Crippen molar-refractivity contribution in [1.29, 1.82) is 0 Å². The van der Waals surface area contributed by atoms with Gasteiger partial charge in [0.25, 0.3) is 5.91 Å². The summed E-state index contributed by atoms with van der Waals surface area (Å²) in [6.07, 6.45) is 1.74. The van der Waals surface area contributed by atoms with Gasteiger partial charge in [-0.15, -0.1) is 12.4 Å². The van der Waals surface area contributed by atoms with Gasteiger partial charge in [0.15, 0.2) is 0 Å². The lowest BCUT2D eigenvalue weighted by atomic mass is 10.0. The minimum atomic E-state index is -0.136. The summed E-state index contributed by atoms with van der Waals surface area (Å²) in [6.45, 7) is 6.23. The monoisotopic (exact) mass is 446 g/mol. The molecule has 3 aromatic rings. The van der Waals surface area contributed by atoms with E-state index in [1.807, 2.05) is 25.1 Å². The molecule has 0 saturated carbocycles. The molecule has 0 bridgehead atoms. The van der Waals surface area contributed by atoms with Crippen LogP contribution in [0.2, 0.25) is 0 Å². The second kappa shape index (κ2) is 10.5. The standard InChI is InChI=1S/C28H30N2O.ClH/c1-21(19-20-24-13-7-4-8-14-24)29-27(22(2)23(3)28(29)31)30(25-15-9-5-10-16-25)26-17-11-6-12-18-26;/h4-18,21,27H,19-20H2,1-3H3;1H. The van der Waals surface area contributed by atoms with Gasteiger partial charge in [0.05, 0.1) is 0 Å². The van der Waals surface area contributed by atoms with E-state index in [2.05, 4.69) is 96.4 Å². The predicted octanol–water partition coefficient (Wildman–Crippen LogP) is 6.77. The number of aryl methyl sites for hydroxylation is 1. The van der Waals surface area contributed by atoms with Crippen LogP contribution in [0, 0.1) is 0 Å². The summed E-state index contributed by atoms with van der Waals surface area (Å²) in [5.74, 6) is 0.139. The highest BCUT2D eigenvalue weighted by molar-refractivity contribution is 5.98. The van der Waals surface area contributed by atoms with Crippen molar-refractivity contribution in [3.05, 3.63) is 108 Å². The van der Waals surface area contributed by atoms with Gasteiger partial charge in [-0.3, -0.25) is 4.79 Å². The molecular formula is C28H31ClN2O. The fourth-order valence-electron chi connectivity index (χ4n) is 4.40. The maximum Gasteiger partial charge on any atom is 0.251 e. The van der Waals surface area contributed by atoms with Crippen LogP contribution in [0.5, 0.6) is 0 Å². The van der Waals surface area contributed by atoms with Crippen LogP contribution >= 0.6 is 12.4 Å². The van der Waals surface area contributed by atoms with Gasteiger partial charge in [-0.25, -0.2) is 0 Å². The molecule has 0 saturated heterocycles. The van der Waals surface area contributed by atoms with Crippen LogP contribution in [0.4, 0.5) is 11.4 Å². The number of para-hydroxylation sites is 2. The molecule has 0 aliphatic carbocycles. The average Bonchev–Trinajstić information content (AvgIpc) is 3.04. The Bertz CT molecular complexity index is 1010. The first kappa shape index (κ1) is 23.6.